The smallest absolute Gasteiger partial charge is 0.316 e. The number of nitrogens with zero attached hydrogens (tertiary/aromatic N) is 5. The molecule has 0 bridgehead atoms. The SMILES string of the molecule is COc1ncccc1CN1Cc2cccn2C[C@H](Oc2ncccn2)C1. The highest BCUT2D eigenvalue weighted by atomic mass is 16.5. The van der Waals surface area contributed by atoms with Crippen LogP contribution in [-0.4, -0.2) is 44.2 Å². The van der Waals surface area contributed by atoms with Crippen LogP contribution in [-0.2, 0) is 19.6 Å². The van der Waals surface area contributed by atoms with Gasteiger partial charge in [0.25, 0.3) is 0 Å². The first-order valence-electron chi connectivity index (χ1n) is 8.60. The Morgan fingerprint density at radius 2 is 1.88 bits per heavy atom. The normalized spacial score (nSPS) is 17.3. The van der Waals surface area contributed by atoms with Crippen molar-refractivity contribution in [1.82, 2.24) is 24.4 Å². The fraction of sp³-hybridized carbons (Fsp3) is 0.316. The Labute approximate surface area is 152 Å². The molecule has 0 aromatic carbocycles. The first-order valence-corrected chi connectivity index (χ1v) is 8.60. The molecule has 0 amide bonds. The molecule has 0 aliphatic carbocycles. The van der Waals surface area contributed by atoms with Crippen LogP contribution in [0.4, 0.5) is 0 Å². The summed E-state index contributed by atoms with van der Waals surface area (Å²) in [7, 11) is 1.65. The van der Waals surface area contributed by atoms with Crippen molar-refractivity contribution in [3.05, 3.63) is 66.4 Å². The molecule has 0 N–H and O–H groups in total. The van der Waals surface area contributed by atoms with Crippen LogP contribution in [0.25, 0.3) is 0 Å². The number of ether oxygens (including phenoxy) is 2. The molecule has 1 atom stereocenters. The van der Waals surface area contributed by atoms with Crippen LogP contribution in [0.3, 0.4) is 0 Å². The van der Waals surface area contributed by atoms with E-state index in [2.05, 4.69) is 42.7 Å². The van der Waals surface area contributed by atoms with Crippen LogP contribution >= 0.6 is 0 Å². The number of fused-ring (bicyclic) bond motifs is 1. The van der Waals surface area contributed by atoms with E-state index in [9.17, 15) is 0 Å². The van der Waals surface area contributed by atoms with Crippen LogP contribution in [0.15, 0.2) is 55.1 Å². The summed E-state index contributed by atoms with van der Waals surface area (Å²) in [4.78, 5) is 15.0. The van der Waals surface area contributed by atoms with Crippen molar-refractivity contribution < 1.29 is 9.47 Å². The second kappa shape index (κ2) is 7.53. The molecule has 1 aliphatic rings. The number of pyridine rings is 1. The van der Waals surface area contributed by atoms with Gasteiger partial charge in [-0.2, -0.15) is 0 Å². The molecule has 1 aliphatic heterocycles. The molecule has 3 aromatic heterocycles. The summed E-state index contributed by atoms with van der Waals surface area (Å²) in [6.45, 7) is 3.09. The zero-order chi connectivity index (χ0) is 17.8. The molecule has 26 heavy (non-hydrogen) atoms. The third-order valence-electron chi connectivity index (χ3n) is 4.42. The highest BCUT2D eigenvalue weighted by molar-refractivity contribution is 5.25. The van der Waals surface area contributed by atoms with Crippen LogP contribution in [0.2, 0.25) is 0 Å². The van der Waals surface area contributed by atoms with Crippen molar-refractivity contribution in [2.45, 2.75) is 25.7 Å². The van der Waals surface area contributed by atoms with E-state index in [1.165, 1.54) is 5.69 Å². The Bertz CT molecular complexity index is 852. The maximum absolute atomic E-state index is 6.05. The molecular formula is C19H21N5O2. The molecule has 0 saturated carbocycles. The number of hydrogen-bond acceptors (Lipinski definition) is 6. The monoisotopic (exact) mass is 351 g/mol. The van der Waals surface area contributed by atoms with E-state index < -0.39 is 0 Å². The second-order valence-corrected chi connectivity index (χ2v) is 6.26. The van der Waals surface area contributed by atoms with E-state index >= 15 is 0 Å². The number of rotatable bonds is 5. The highest BCUT2D eigenvalue weighted by Crippen LogP contribution is 2.21. The largest absolute Gasteiger partial charge is 0.481 e. The van der Waals surface area contributed by atoms with Crippen LogP contribution in [0, 0.1) is 0 Å². The third-order valence-corrected chi connectivity index (χ3v) is 4.42. The second-order valence-electron chi connectivity index (χ2n) is 6.26. The van der Waals surface area contributed by atoms with Crippen molar-refractivity contribution in [3.8, 4) is 11.9 Å². The lowest BCUT2D eigenvalue weighted by molar-refractivity contribution is 0.114. The molecular weight excluding hydrogens is 330 g/mol. The van der Waals surface area contributed by atoms with Gasteiger partial charge in [0.1, 0.15) is 6.10 Å². The van der Waals surface area contributed by atoms with Gasteiger partial charge in [0.2, 0.25) is 5.88 Å². The predicted octanol–water partition coefficient (Wildman–Crippen LogP) is 2.15. The number of methoxy groups -OCH3 is 1. The van der Waals surface area contributed by atoms with Crippen LogP contribution < -0.4 is 9.47 Å². The van der Waals surface area contributed by atoms with Crippen molar-refractivity contribution in [2.75, 3.05) is 13.7 Å². The van der Waals surface area contributed by atoms with E-state index in [0.29, 0.717) is 11.9 Å². The Morgan fingerprint density at radius 1 is 1.04 bits per heavy atom. The van der Waals surface area contributed by atoms with Crippen molar-refractivity contribution in [1.29, 1.82) is 0 Å². The zero-order valence-corrected chi connectivity index (χ0v) is 14.7. The fourth-order valence-corrected chi connectivity index (χ4v) is 3.29. The molecule has 0 spiro atoms. The van der Waals surface area contributed by atoms with Gasteiger partial charge in [-0.05, 0) is 24.3 Å². The summed E-state index contributed by atoms with van der Waals surface area (Å²) in [5.74, 6) is 0.663. The summed E-state index contributed by atoms with van der Waals surface area (Å²) in [5, 5.41) is 0. The van der Waals surface area contributed by atoms with E-state index in [1.54, 1.807) is 31.8 Å². The molecule has 0 fully saturated rings. The van der Waals surface area contributed by atoms with Gasteiger partial charge in [-0.15, -0.1) is 0 Å². The van der Waals surface area contributed by atoms with Gasteiger partial charge in [0.15, 0.2) is 0 Å². The maximum atomic E-state index is 6.05. The topological polar surface area (TPSA) is 65.3 Å². The van der Waals surface area contributed by atoms with Gasteiger partial charge >= 0.3 is 6.01 Å². The van der Waals surface area contributed by atoms with E-state index in [1.807, 2.05) is 12.1 Å². The van der Waals surface area contributed by atoms with Gasteiger partial charge in [-0.25, -0.2) is 15.0 Å². The molecule has 7 nitrogen and oxygen atoms in total. The molecule has 0 unspecified atom stereocenters. The maximum Gasteiger partial charge on any atom is 0.316 e. The van der Waals surface area contributed by atoms with Gasteiger partial charge in [0.05, 0.1) is 13.7 Å². The van der Waals surface area contributed by atoms with E-state index in [4.69, 9.17) is 9.47 Å². The molecule has 4 rings (SSSR count). The Morgan fingerprint density at radius 3 is 2.73 bits per heavy atom. The third kappa shape index (κ3) is 3.67. The predicted molar refractivity (Wildman–Crippen MR) is 95.8 cm³/mol. The molecule has 3 aromatic rings. The lowest BCUT2D eigenvalue weighted by atomic mass is 10.2. The fourth-order valence-electron chi connectivity index (χ4n) is 3.29. The summed E-state index contributed by atoms with van der Waals surface area (Å²) in [5.41, 5.74) is 2.32. The first-order chi connectivity index (χ1) is 12.8. The lowest BCUT2D eigenvalue weighted by Gasteiger charge is -2.24. The molecule has 134 valence electrons. The van der Waals surface area contributed by atoms with Crippen molar-refractivity contribution in [3.63, 3.8) is 0 Å². The molecule has 7 heteroatoms. The van der Waals surface area contributed by atoms with Gasteiger partial charge in [0, 0.05) is 55.7 Å². The Kier molecular flexibility index (Phi) is 4.79. The van der Waals surface area contributed by atoms with E-state index in [-0.39, 0.29) is 6.10 Å². The van der Waals surface area contributed by atoms with E-state index in [0.717, 1.165) is 31.7 Å². The average Bonchev–Trinajstić information content (AvgIpc) is 3.02. The molecule has 0 radical (unpaired) electrons. The standard InChI is InChI=1S/C19H21N5O2/c1-25-18-15(5-2-7-20-18)11-23-12-16-6-3-10-24(16)14-17(13-23)26-19-21-8-4-9-22-19/h2-10,17H,11-14H2,1H3/t17-/m1/s1. The zero-order valence-electron chi connectivity index (χ0n) is 14.7. The van der Waals surface area contributed by atoms with Gasteiger partial charge in [-0.3, -0.25) is 4.90 Å². The van der Waals surface area contributed by atoms with Gasteiger partial charge < -0.3 is 14.0 Å². The number of hydrogen-bond donors (Lipinski definition) is 0. The summed E-state index contributed by atoms with van der Waals surface area (Å²) in [6.07, 6.45) is 7.17. The van der Waals surface area contributed by atoms with Gasteiger partial charge in [-0.1, -0.05) is 6.07 Å². The number of aromatic nitrogens is 4. The van der Waals surface area contributed by atoms with Crippen LogP contribution in [0.5, 0.6) is 11.9 Å². The Hall–Kier alpha value is -2.93. The lowest BCUT2D eigenvalue weighted by Crippen LogP contribution is -2.35. The highest BCUT2D eigenvalue weighted by Gasteiger charge is 2.24. The Balaban J connectivity index is 1.56. The average molecular weight is 351 g/mol. The summed E-state index contributed by atoms with van der Waals surface area (Å²) < 4.78 is 13.7. The summed E-state index contributed by atoms with van der Waals surface area (Å²) >= 11 is 0. The van der Waals surface area contributed by atoms with Crippen molar-refractivity contribution >= 4 is 0 Å². The van der Waals surface area contributed by atoms with Crippen LogP contribution in [0.1, 0.15) is 11.3 Å². The minimum Gasteiger partial charge on any atom is -0.481 e. The quantitative estimate of drug-likeness (QED) is 0.702. The minimum absolute atomic E-state index is 0.0475. The molecule has 0 saturated heterocycles. The molecule has 4 heterocycles. The summed E-state index contributed by atoms with van der Waals surface area (Å²) in [6, 6.07) is 10.4. The first kappa shape index (κ1) is 16.5. The van der Waals surface area contributed by atoms with Crippen molar-refractivity contribution in [2.24, 2.45) is 0 Å². The minimum atomic E-state index is -0.0475.